The Morgan fingerprint density at radius 1 is 1.16 bits per heavy atom. The first-order valence-corrected chi connectivity index (χ1v) is 7.25. The van der Waals surface area contributed by atoms with Crippen LogP contribution in [0.5, 0.6) is 0 Å². The van der Waals surface area contributed by atoms with Gasteiger partial charge in [-0.15, -0.1) is 0 Å². The van der Waals surface area contributed by atoms with Crippen molar-refractivity contribution in [3.63, 3.8) is 0 Å². The summed E-state index contributed by atoms with van der Waals surface area (Å²) < 4.78 is 53.1. The summed E-state index contributed by atoms with van der Waals surface area (Å²) in [5.41, 5.74) is -0.294. The molecule has 0 saturated heterocycles. The van der Waals surface area contributed by atoms with Crippen molar-refractivity contribution in [1.29, 1.82) is 0 Å². The van der Waals surface area contributed by atoms with E-state index < -0.39 is 26.6 Å². The maximum atomic E-state index is 13.6. The Bertz CT molecular complexity index is 722. The van der Waals surface area contributed by atoms with Gasteiger partial charge >= 0.3 is 0 Å². The largest absolute Gasteiger partial charge is 0.276 e. The lowest BCUT2D eigenvalue weighted by atomic mass is 10.3. The number of benzene rings is 1. The van der Waals surface area contributed by atoms with E-state index in [4.69, 9.17) is 0 Å². The molecule has 1 N–H and O–H groups in total. The van der Waals surface area contributed by atoms with E-state index in [9.17, 15) is 17.2 Å². The molecule has 2 aromatic rings. The van der Waals surface area contributed by atoms with Crippen molar-refractivity contribution in [2.45, 2.75) is 4.90 Å². The Kier molecular flexibility index (Phi) is 3.81. The summed E-state index contributed by atoms with van der Waals surface area (Å²) in [5.74, 6) is -1.78. The summed E-state index contributed by atoms with van der Waals surface area (Å²) in [6.45, 7) is 0. The molecule has 0 fully saturated rings. The van der Waals surface area contributed by atoms with Crippen LogP contribution in [0.25, 0.3) is 0 Å². The third-order valence-electron chi connectivity index (χ3n) is 2.20. The second-order valence-electron chi connectivity index (χ2n) is 3.54. The predicted octanol–water partition coefficient (Wildman–Crippen LogP) is 2.92. The van der Waals surface area contributed by atoms with E-state index in [0.717, 1.165) is 24.4 Å². The number of hydrogen-bond acceptors (Lipinski definition) is 3. The molecule has 0 aliphatic rings. The topological polar surface area (TPSA) is 59.1 Å². The first kappa shape index (κ1) is 13.9. The molecular weight excluding hydrogens is 342 g/mol. The molecule has 0 spiro atoms. The predicted molar refractivity (Wildman–Crippen MR) is 69.1 cm³/mol. The average molecular weight is 349 g/mol. The second-order valence-corrected chi connectivity index (χ2v) is 6.10. The molecule has 2 rings (SSSR count). The fourth-order valence-corrected chi connectivity index (χ4v) is 2.81. The number of nitrogens with zero attached hydrogens (tertiary/aromatic N) is 1. The van der Waals surface area contributed by atoms with Gasteiger partial charge in [0.05, 0.1) is 11.9 Å². The van der Waals surface area contributed by atoms with E-state index in [-0.39, 0.29) is 5.69 Å². The van der Waals surface area contributed by atoms with Gasteiger partial charge in [-0.25, -0.2) is 17.2 Å². The lowest BCUT2D eigenvalue weighted by Crippen LogP contribution is -2.15. The summed E-state index contributed by atoms with van der Waals surface area (Å²) in [4.78, 5) is 2.92. The Morgan fingerprint density at radius 3 is 2.53 bits per heavy atom. The van der Waals surface area contributed by atoms with Crippen LogP contribution in [-0.2, 0) is 10.0 Å². The molecule has 0 aliphatic carbocycles. The highest BCUT2D eigenvalue weighted by Crippen LogP contribution is 2.22. The van der Waals surface area contributed by atoms with Crippen molar-refractivity contribution >= 4 is 31.6 Å². The molecule has 0 radical (unpaired) electrons. The summed E-state index contributed by atoms with van der Waals surface area (Å²) in [7, 11) is -4.20. The number of rotatable bonds is 3. The Labute approximate surface area is 116 Å². The minimum Gasteiger partial charge on any atom is -0.276 e. The molecule has 0 saturated carbocycles. The Morgan fingerprint density at radius 2 is 1.89 bits per heavy atom. The number of hydrogen-bond donors (Lipinski definition) is 1. The molecule has 0 amide bonds. The standard InChI is InChI=1S/C11H7BrF2N2O2S/c12-7-1-2-11(8(13)5-7)19(17,18)16-10-3-4-15-6-9(10)14/h1-6H,(H,15,16). The third-order valence-corrected chi connectivity index (χ3v) is 4.09. The molecule has 0 atom stereocenters. The maximum Gasteiger partial charge on any atom is 0.264 e. The summed E-state index contributed by atoms with van der Waals surface area (Å²) in [6.07, 6.45) is 2.08. The van der Waals surface area contributed by atoms with E-state index in [1.165, 1.54) is 12.3 Å². The second kappa shape index (κ2) is 5.22. The van der Waals surface area contributed by atoms with Crippen LogP contribution in [0.4, 0.5) is 14.5 Å². The highest BCUT2D eigenvalue weighted by molar-refractivity contribution is 9.10. The normalized spacial score (nSPS) is 11.3. The molecule has 4 nitrogen and oxygen atoms in total. The van der Waals surface area contributed by atoms with Crippen LogP contribution >= 0.6 is 15.9 Å². The molecular formula is C11H7BrF2N2O2S. The van der Waals surface area contributed by atoms with Gasteiger partial charge in [-0.3, -0.25) is 9.71 Å². The quantitative estimate of drug-likeness (QED) is 0.927. The lowest BCUT2D eigenvalue weighted by molar-refractivity contribution is 0.569. The zero-order chi connectivity index (χ0) is 14.0. The van der Waals surface area contributed by atoms with Gasteiger partial charge in [0.15, 0.2) is 5.82 Å². The van der Waals surface area contributed by atoms with E-state index in [2.05, 4.69) is 20.9 Å². The van der Waals surface area contributed by atoms with Gasteiger partial charge in [0.1, 0.15) is 10.7 Å². The smallest absolute Gasteiger partial charge is 0.264 e. The number of aromatic nitrogens is 1. The summed E-state index contributed by atoms with van der Waals surface area (Å²) in [6, 6.07) is 4.61. The van der Waals surface area contributed by atoms with Crippen LogP contribution < -0.4 is 4.72 Å². The maximum absolute atomic E-state index is 13.6. The van der Waals surface area contributed by atoms with Crippen molar-refractivity contribution in [2.24, 2.45) is 0 Å². The number of pyridine rings is 1. The zero-order valence-electron chi connectivity index (χ0n) is 9.27. The van der Waals surface area contributed by atoms with Gasteiger partial charge < -0.3 is 0 Å². The fourth-order valence-electron chi connectivity index (χ4n) is 1.35. The van der Waals surface area contributed by atoms with Gasteiger partial charge in [0, 0.05) is 10.7 Å². The minimum absolute atomic E-state index is 0.294. The van der Waals surface area contributed by atoms with Crippen molar-refractivity contribution in [1.82, 2.24) is 4.98 Å². The van der Waals surface area contributed by atoms with Gasteiger partial charge in [0.25, 0.3) is 10.0 Å². The molecule has 1 aromatic carbocycles. The molecule has 0 bridgehead atoms. The third kappa shape index (κ3) is 3.07. The average Bonchev–Trinajstić information content (AvgIpc) is 2.31. The Hall–Kier alpha value is -1.54. The van der Waals surface area contributed by atoms with Gasteiger partial charge in [-0.05, 0) is 24.3 Å². The van der Waals surface area contributed by atoms with Gasteiger partial charge in [-0.1, -0.05) is 15.9 Å². The van der Waals surface area contributed by atoms with Crippen LogP contribution in [0.1, 0.15) is 0 Å². The highest BCUT2D eigenvalue weighted by Gasteiger charge is 2.20. The summed E-state index contributed by atoms with van der Waals surface area (Å²) >= 11 is 3.02. The molecule has 1 aromatic heterocycles. The molecule has 1 heterocycles. The number of halogens is 3. The SMILES string of the molecule is O=S(=O)(Nc1ccncc1F)c1ccc(Br)cc1F. The van der Waals surface area contributed by atoms with Crippen LogP contribution in [-0.4, -0.2) is 13.4 Å². The molecule has 19 heavy (non-hydrogen) atoms. The van der Waals surface area contributed by atoms with Crippen molar-refractivity contribution in [3.8, 4) is 0 Å². The van der Waals surface area contributed by atoms with Crippen LogP contribution in [0, 0.1) is 11.6 Å². The number of sulfonamides is 1. The monoisotopic (exact) mass is 348 g/mol. The minimum atomic E-state index is -4.20. The van der Waals surface area contributed by atoms with Crippen molar-refractivity contribution in [2.75, 3.05) is 4.72 Å². The number of nitrogens with one attached hydrogen (secondary N) is 1. The van der Waals surface area contributed by atoms with Crippen LogP contribution in [0.3, 0.4) is 0 Å². The highest BCUT2D eigenvalue weighted by atomic mass is 79.9. The molecule has 0 aliphatic heterocycles. The number of anilines is 1. The van der Waals surface area contributed by atoms with Crippen LogP contribution in [0.15, 0.2) is 46.0 Å². The summed E-state index contributed by atoms with van der Waals surface area (Å²) in [5, 5.41) is 0. The fraction of sp³-hybridized carbons (Fsp3) is 0. The van der Waals surface area contributed by atoms with E-state index in [0.29, 0.717) is 4.47 Å². The van der Waals surface area contributed by atoms with Crippen LogP contribution in [0.2, 0.25) is 0 Å². The first-order chi connectivity index (χ1) is 8.90. The zero-order valence-corrected chi connectivity index (χ0v) is 11.7. The van der Waals surface area contributed by atoms with E-state index >= 15 is 0 Å². The Balaban J connectivity index is 2.41. The molecule has 8 heteroatoms. The molecule has 100 valence electrons. The van der Waals surface area contributed by atoms with E-state index in [1.54, 1.807) is 0 Å². The molecule has 0 unspecified atom stereocenters. The van der Waals surface area contributed by atoms with Crippen molar-refractivity contribution in [3.05, 3.63) is 52.8 Å². The van der Waals surface area contributed by atoms with Crippen molar-refractivity contribution < 1.29 is 17.2 Å². The van der Waals surface area contributed by atoms with E-state index in [1.807, 2.05) is 4.72 Å². The lowest BCUT2D eigenvalue weighted by Gasteiger charge is -2.09. The first-order valence-electron chi connectivity index (χ1n) is 4.97. The van der Waals surface area contributed by atoms with Gasteiger partial charge in [-0.2, -0.15) is 0 Å². The van der Waals surface area contributed by atoms with Gasteiger partial charge in [0.2, 0.25) is 0 Å².